The second-order valence-electron chi connectivity index (χ2n) is 8.65. The van der Waals surface area contributed by atoms with E-state index in [0.29, 0.717) is 46.5 Å². The fourth-order valence-corrected chi connectivity index (χ4v) is 5.26. The van der Waals surface area contributed by atoms with E-state index < -0.39 is 12.6 Å². The molecule has 2 saturated carbocycles. The average Bonchev–Trinajstić information content (AvgIpc) is 3.10. The Bertz CT molecular complexity index is 884. The lowest BCUT2D eigenvalue weighted by Gasteiger charge is -2.53. The average molecular weight is 424 g/mol. The van der Waals surface area contributed by atoms with Crippen molar-refractivity contribution in [2.24, 2.45) is 5.41 Å². The van der Waals surface area contributed by atoms with Crippen molar-refractivity contribution in [1.29, 1.82) is 0 Å². The van der Waals surface area contributed by atoms with Crippen molar-refractivity contribution in [2.75, 3.05) is 18.5 Å². The van der Waals surface area contributed by atoms with E-state index in [4.69, 9.17) is 9.72 Å². The summed E-state index contributed by atoms with van der Waals surface area (Å²) >= 11 is 1.32. The minimum absolute atomic E-state index is 0.0318. The van der Waals surface area contributed by atoms with Crippen molar-refractivity contribution in [2.45, 2.75) is 63.1 Å². The van der Waals surface area contributed by atoms with Gasteiger partial charge in [-0.3, -0.25) is 0 Å². The van der Waals surface area contributed by atoms with Crippen LogP contribution in [0.15, 0.2) is 11.4 Å². The van der Waals surface area contributed by atoms with Crippen molar-refractivity contribution < 1.29 is 17.9 Å². The minimum atomic E-state index is -2.56. The number of alkyl halides is 3. The highest BCUT2D eigenvalue weighted by atomic mass is 32.1. The van der Waals surface area contributed by atoms with Gasteiger partial charge in [-0.15, -0.1) is 11.3 Å². The van der Waals surface area contributed by atoms with Crippen LogP contribution in [0.3, 0.4) is 0 Å². The Morgan fingerprint density at radius 2 is 1.90 bits per heavy atom. The molecule has 0 aromatic carbocycles. The van der Waals surface area contributed by atoms with E-state index in [1.165, 1.54) is 11.3 Å². The van der Waals surface area contributed by atoms with Crippen LogP contribution in [0.2, 0.25) is 0 Å². The molecule has 2 aliphatic carbocycles. The maximum absolute atomic E-state index is 13.5. The molecule has 0 atom stereocenters. The molecule has 0 unspecified atom stereocenters. The zero-order valence-electron chi connectivity index (χ0n) is 16.0. The highest BCUT2D eigenvalue weighted by Gasteiger charge is 2.50. The number of ether oxygens (including phenoxy) is 1. The standard InChI is InChI=1S/C20H23F3N4OS/c21-8-14-9-29-18(25-14)17-26-15(12-6-19(7-12)10-28-11-19)5-16(27-17)24-13-1-3-20(22,23)4-2-13/h5,9,12-13H,1-4,6-8,10-11H2,(H,24,26,27). The molecule has 2 aromatic heterocycles. The summed E-state index contributed by atoms with van der Waals surface area (Å²) in [5, 5.41) is 5.59. The van der Waals surface area contributed by atoms with Gasteiger partial charge in [0.2, 0.25) is 5.92 Å². The smallest absolute Gasteiger partial charge is 0.248 e. The van der Waals surface area contributed by atoms with Crippen molar-refractivity contribution in [3.05, 3.63) is 22.8 Å². The van der Waals surface area contributed by atoms with Crippen LogP contribution >= 0.6 is 11.3 Å². The van der Waals surface area contributed by atoms with E-state index in [-0.39, 0.29) is 18.9 Å². The Hall–Kier alpha value is -1.74. The molecule has 1 spiro atoms. The highest BCUT2D eigenvalue weighted by molar-refractivity contribution is 7.13. The summed E-state index contributed by atoms with van der Waals surface area (Å²) in [6.07, 6.45) is 2.68. The molecule has 0 amide bonds. The molecule has 1 saturated heterocycles. The van der Waals surface area contributed by atoms with E-state index in [1.807, 2.05) is 6.07 Å². The van der Waals surface area contributed by atoms with E-state index in [2.05, 4.69) is 15.3 Å². The Labute approximate surface area is 171 Å². The number of aromatic nitrogens is 3. The van der Waals surface area contributed by atoms with E-state index >= 15 is 0 Å². The molecule has 9 heteroatoms. The lowest BCUT2D eigenvalue weighted by Crippen LogP contribution is -2.51. The van der Waals surface area contributed by atoms with Crippen molar-refractivity contribution in [3.8, 4) is 10.8 Å². The van der Waals surface area contributed by atoms with Gasteiger partial charge in [0.15, 0.2) is 10.8 Å². The van der Waals surface area contributed by atoms with Gasteiger partial charge in [-0.1, -0.05) is 0 Å². The summed E-state index contributed by atoms with van der Waals surface area (Å²) in [4.78, 5) is 13.6. The molecule has 3 heterocycles. The summed E-state index contributed by atoms with van der Waals surface area (Å²) in [6, 6.07) is 1.91. The van der Waals surface area contributed by atoms with Gasteiger partial charge in [-0.2, -0.15) is 0 Å². The van der Waals surface area contributed by atoms with E-state index in [9.17, 15) is 13.2 Å². The molecule has 3 fully saturated rings. The largest absolute Gasteiger partial charge is 0.380 e. The van der Waals surface area contributed by atoms with Crippen LogP contribution < -0.4 is 5.32 Å². The van der Waals surface area contributed by atoms with E-state index in [1.54, 1.807) is 5.38 Å². The summed E-state index contributed by atoms with van der Waals surface area (Å²) in [5.41, 5.74) is 1.62. The number of nitrogens with zero attached hydrogens (tertiary/aromatic N) is 3. The Balaban J connectivity index is 1.39. The van der Waals surface area contributed by atoms with Crippen LogP contribution in [-0.4, -0.2) is 40.1 Å². The number of thiazole rings is 1. The second-order valence-corrected chi connectivity index (χ2v) is 9.51. The molecule has 2 aromatic rings. The number of hydrogen-bond acceptors (Lipinski definition) is 6. The predicted molar refractivity (Wildman–Crippen MR) is 104 cm³/mol. The molecule has 5 nitrogen and oxygen atoms in total. The lowest BCUT2D eigenvalue weighted by molar-refractivity contribution is -0.164. The molecule has 1 N–H and O–H groups in total. The Morgan fingerprint density at radius 3 is 2.52 bits per heavy atom. The number of anilines is 1. The van der Waals surface area contributed by atoms with Crippen LogP contribution in [0.5, 0.6) is 0 Å². The van der Waals surface area contributed by atoms with Gasteiger partial charge in [0.05, 0.1) is 18.9 Å². The summed E-state index contributed by atoms with van der Waals surface area (Å²) in [7, 11) is 0. The third-order valence-corrected chi connectivity index (χ3v) is 7.18. The summed E-state index contributed by atoms with van der Waals surface area (Å²) in [5.74, 6) is -1.11. The van der Waals surface area contributed by atoms with Gasteiger partial charge >= 0.3 is 0 Å². The third kappa shape index (κ3) is 3.86. The first kappa shape index (κ1) is 19.2. The second kappa shape index (κ2) is 7.19. The topological polar surface area (TPSA) is 59.9 Å². The maximum Gasteiger partial charge on any atom is 0.248 e. The molecule has 0 radical (unpaired) electrons. The Morgan fingerprint density at radius 1 is 1.14 bits per heavy atom. The van der Waals surface area contributed by atoms with Crippen LogP contribution in [0, 0.1) is 5.41 Å². The van der Waals surface area contributed by atoms with Gasteiger partial charge in [0.25, 0.3) is 0 Å². The Kier molecular flexibility index (Phi) is 4.77. The predicted octanol–water partition coefficient (Wildman–Crippen LogP) is 4.95. The molecular formula is C20H23F3N4OS. The van der Waals surface area contributed by atoms with Crippen molar-refractivity contribution >= 4 is 17.2 Å². The van der Waals surface area contributed by atoms with Gasteiger partial charge < -0.3 is 10.1 Å². The maximum atomic E-state index is 13.5. The van der Waals surface area contributed by atoms with Crippen LogP contribution in [0.25, 0.3) is 10.8 Å². The number of nitrogens with one attached hydrogen (secondary N) is 1. The van der Waals surface area contributed by atoms with E-state index in [0.717, 1.165) is 31.7 Å². The fraction of sp³-hybridized carbons (Fsp3) is 0.650. The number of hydrogen-bond donors (Lipinski definition) is 1. The number of rotatable bonds is 5. The fourth-order valence-electron chi connectivity index (χ4n) is 4.53. The minimum Gasteiger partial charge on any atom is -0.380 e. The third-order valence-electron chi connectivity index (χ3n) is 6.29. The first-order chi connectivity index (χ1) is 13.9. The van der Waals surface area contributed by atoms with Gasteiger partial charge in [-0.05, 0) is 25.7 Å². The van der Waals surface area contributed by atoms with Crippen LogP contribution in [0.1, 0.15) is 55.8 Å². The zero-order chi connectivity index (χ0) is 20.1. The molecule has 3 aliphatic rings. The van der Waals surface area contributed by atoms with Gasteiger partial charge in [0.1, 0.15) is 12.5 Å². The monoisotopic (exact) mass is 424 g/mol. The summed E-state index contributed by atoms with van der Waals surface area (Å²) < 4.78 is 45.2. The lowest BCUT2D eigenvalue weighted by atomic mass is 9.60. The van der Waals surface area contributed by atoms with Crippen molar-refractivity contribution in [1.82, 2.24) is 15.0 Å². The molecule has 156 valence electrons. The molecule has 5 rings (SSSR count). The highest BCUT2D eigenvalue weighted by Crippen LogP contribution is 2.55. The quantitative estimate of drug-likeness (QED) is 0.736. The van der Waals surface area contributed by atoms with Crippen LogP contribution in [0.4, 0.5) is 19.0 Å². The van der Waals surface area contributed by atoms with Crippen molar-refractivity contribution in [3.63, 3.8) is 0 Å². The normalized spacial score (nSPS) is 25.4. The molecular weight excluding hydrogens is 401 g/mol. The van der Waals surface area contributed by atoms with Gasteiger partial charge in [0, 0.05) is 47.4 Å². The zero-order valence-corrected chi connectivity index (χ0v) is 16.8. The van der Waals surface area contributed by atoms with Gasteiger partial charge in [-0.25, -0.2) is 28.1 Å². The summed E-state index contributed by atoms with van der Waals surface area (Å²) in [6.45, 7) is 1.01. The molecule has 1 aliphatic heterocycles. The number of halogens is 3. The van der Waals surface area contributed by atoms with Crippen LogP contribution in [-0.2, 0) is 11.4 Å². The SMILES string of the molecule is FCc1csc(-c2nc(NC3CCC(F)(F)CC3)cc(C3CC4(COC4)C3)n2)n1. The molecule has 0 bridgehead atoms. The first-order valence-electron chi connectivity index (χ1n) is 10.1. The molecule has 29 heavy (non-hydrogen) atoms. The first-order valence-corrected chi connectivity index (χ1v) is 10.9.